The Bertz CT molecular complexity index is 286. The standard InChI is InChI=1S/C10H16N2/c1-8-9(2)11-12-7-5-3-4-6-10(8)12/h3-7H2,1-2H3. The SMILES string of the molecule is Cc1nn2c(c1C)CCCCC2. The van der Waals surface area contributed by atoms with Crippen LogP contribution in [0.5, 0.6) is 0 Å². The lowest BCUT2D eigenvalue weighted by atomic mass is 10.1. The molecule has 1 aromatic heterocycles. The maximum absolute atomic E-state index is 4.53. The van der Waals surface area contributed by atoms with Gasteiger partial charge in [0.1, 0.15) is 0 Å². The molecule has 0 saturated heterocycles. The minimum absolute atomic E-state index is 1.13. The maximum Gasteiger partial charge on any atom is 0.0625 e. The zero-order valence-corrected chi connectivity index (χ0v) is 7.93. The van der Waals surface area contributed by atoms with Gasteiger partial charge in [0.25, 0.3) is 0 Å². The summed E-state index contributed by atoms with van der Waals surface area (Å²) in [4.78, 5) is 0. The maximum atomic E-state index is 4.53. The minimum Gasteiger partial charge on any atom is -0.269 e. The number of hydrogen-bond donors (Lipinski definition) is 0. The second-order valence-corrected chi connectivity index (χ2v) is 3.69. The third-order valence-corrected chi connectivity index (χ3v) is 2.84. The van der Waals surface area contributed by atoms with Crippen LogP contribution in [0.3, 0.4) is 0 Å². The highest BCUT2D eigenvalue weighted by atomic mass is 15.3. The zero-order chi connectivity index (χ0) is 8.55. The summed E-state index contributed by atoms with van der Waals surface area (Å²) in [7, 11) is 0. The van der Waals surface area contributed by atoms with E-state index in [9.17, 15) is 0 Å². The first kappa shape index (κ1) is 7.84. The Morgan fingerprint density at radius 2 is 2.00 bits per heavy atom. The van der Waals surface area contributed by atoms with Crippen LogP contribution in [0.15, 0.2) is 0 Å². The summed E-state index contributed by atoms with van der Waals surface area (Å²) >= 11 is 0. The summed E-state index contributed by atoms with van der Waals surface area (Å²) in [6.45, 7) is 5.43. The molecule has 0 saturated carbocycles. The molecule has 0 radical (unpaired) electrons. The van der Waals surface area contributed by atoms with E-state index in [-0.39, 0.29) is 0 Å². The highest BCUT2D eigenvalue weighted by molar-refractivity contribution is 5.24. The Hall–Kier alpha value is -0.790. The molecular formula is C10H16N2. The highest BCUT2D eigenvalue weighted by Gasteiger charge is 2.13. The molecule has 0 amide bonds. The van der Waals surface area contributed by atoms with Gasteiger partial charge in [0, 0.05) is 12.2 Å². The molecule has 2 rings (SSSR count). The van der Waals surface area contributed by atoms with Crippen molar-refractivity contribution in [3.63, 3.8) is 0 Å². The Labute approximate surface area is 73.6 Å². The lowest BCUT2D eigenvalue weighted by molar-refractivity contribution is 0.572. The van der Waals surface area contributed by atoms with Gasteiger partial charge in [-0.25, -0.2) is 0 Å². The molecule has 0 fully saturated rings. The van der Waals surface area contributed by atoms with E-state index >= 15 is 0 Å². The van der Waals surface area contributed by atoms with Crippen LogP contribution in [0.2, 0.25) is 0 Å². The van der Waals surface area contributed by atoms with Crippen molar-refractivity contribution in [2.75, 3.05) is 0 Å². The number of aromatic nitrogens is 2. The summed E-state index contributed by atoms with van der Waals surface area (Å²) in [6, 6.07) is 0. The fourth-order valence-corrected chi connectivity index (χ4v) is 1.95. The molecule has 2 heterocycles. The van der Waals surface area contributed by atoms with Crippen LogP contribution in [-0.4, -0.2) is 9.78 Å². The second-order valence-electron chi connectivity index (χ2n) is 3.69. The van der Waals surface area contributed by atoms with Gasteiger partial charge in [-0.2, -0.15) is 5.10 Å². The van der Waals surface area contributed by atoms with Gasteiger partial charge in [-0.3, -0.25) is 4.68 Å². The van der Waals surface area contributed by atoms with E-state index in [1.54, 1.807) is 0 Å². The van der Waals surface area contributed by atoms with Crippen LogP contribution in [0.1, 0.15) is 36.2 Å². The topological polar surface area (TPSA) is 17.8 Å². The molecule has 1 aromatic rings. The molecule has 1 aliphatic heterocycles. The van der Waals surface area contributed by atoms with E-state index in [1.165, 1.54) is 42.6 Å². The van der Waals surface area contributed by atoms with Gasteiger partial charge < -0.3 is 0 Å². The first-order chi connectivity index (χ1) is 5.79. The first-order valence-corrected chi connectivity index (χ1v) is 4.82. The van der Waals surface area contributed by atoms with Gasteiger partial charge in [0.15, 0.2) is 0 Å². The van der Waals surface area contributed by atoms with Crippen LogP contribution in [0.25, 0.3) is 0 Å². The predicted molar refractivity (Wildman–Crippen MR) is 49.3 cm³/mol. The first-order valence-electron chi connectivity index (χ1n) is 4.82. The summed E-state index contributed by atoms with van der Waals surface area (Å²) in [6.07, 6.45) is 5.23. The molecule has 0 aromatic carbocycles. The lowest BCUT2D eigenvalue weighted by Gasteiger charge is -2.00. The molecule has 66 valence electrons. The molecular weight excluding hydrogens is 148 g/mol. The highest BCUT2D eigenvalue weighted by Crippen LogP contribution is 2.19. The second kappa shape index (κ2) is 2.92. The molecule has 0 aliphatic carbocycles. The number of hydrogen-bond acceptors (Lipinski definition) is 1. The number of fused-ring (bicyclic) bond motifs is 1. The predicted octanol–water partition coefficient (Wildman–Crippen LogP) is 2.23. The fraction of sp³-hybridized carbons (Fsp3) is 0.700. The van der Waals surface area contributed by atoms with Crippen molar-refractivity contribution in [1.29, 1.82) is 0 Å². The summed E-state index contributed by atoms with van der Waals surface area (Å²) in [5.41, 5.74) is 4.11. The third-order valence-electron chi connectivity index (χ3n) is 2.84. The summed E-state index contributed by atoms with van der Waals surface area (Å²) in [5, 5.41) is 4.53. The monoisotopic (exact) mass is 164 g/mol. The number of rotatable bonds is 0. The Morgan fingerprint density at radius 3 is 2.83 bits per heavy atom. The van der Waals surface area contributed by atoms with E-state index in [0.29, 0.717) is 0 Å². The van der Waals surface area contributed by atoms with Crippen molar-refractivity contribution in [2.24, 2.45) is 0 Å². The van der Waals surface area contributed by atoms with Crippen LogP contribution in [0, 0.1) is 13.8 Å². The summed E-state index contributed by atoms with van der Waals surface area (Å²) < 4.78 is 2.21. The average molecular weight is 164 g/mol. The van der Waals surface area contributed by atoms with E-state index < -0.39 is 0 Å². The van der Waals surface area contributed by atoms with Crippen molar-refractivity contribution in [1.82, 2.24) is 9.78 Å². The molecule has 12 heavy (non-hydrogen) atoms. The normalized spacial score (nSPS) is 17.2. The average Bonchev–Trinajstić information content (AvgIpc) is 2.30. The van der Waals surface area contributed by atoms with E-state index in [1.807, 2.05) is 0 Å². The summed E-state index contributed by atoms with van der Waals surface area (Å²) in [5.74, 6) is 0. The molecule has 0 bridgehead atoms. The molecule has 0 N–H and O–H groups in total. The van der Waals surface area contributed by atoms with Gasteiger partial charge in [-0.1, -0.05) is 6.42 Å². The van der Waals surface area contributed by atoms with E-state index in [2.05, 4.69) is 23.6 Å². The molecule has 2 heteroatoms. The van der Waals surface area contributed by atoms with Crippen molar-refractivity contribution >= 4 is 0 Å². The van der Waals surface area contributed by atoms with Crippen molar-refractivity contribution < 1.29 is 0 Å². The molecule has 2 nitrogen and oxygen atoms in total. The van der Waals surface area contributed by atoms with E-state index in [4.69, 9.17) is 0 Å². The van der Waals surface area contributed by atoms with Crippen LogP contribution >= 0.6 is 0 Å². The molecule has 1 aliphatic rings. The quantitative estimate of drug-likeness (QED) is 0.575. The Morgan fingerprint density at radius 1 is 1.17 bits per heavy atom. The number of aryl methyl sites for hydroxylation is 2. The largest absolute Gasteiger partial charge is 0.269 e. The van der Waals surface area contributed by atoms with Gasteiger partial charge in [-0.05, 0) is 38.7 Å². The zero-order valence-electron chi connectivity index (χ0n) is 7.93. The molecule has 0 unspecified atom stereocenters. The Kier molecular flexibility index (Phi) is 1.91. The van der Waals surface area contributed by atoms with Crippen molar-refractivity contribution in [2.45, 2.75) is 46.1 Å². The minimum atomic E-state index is 1.13. The number of nitrogens with zero attached hydrogens (tertiary/aromatic N) is 2. The van der Waals surface area contributed by atoms with E-state index in [0.717, 1.165) is 6.54 Å². The van der Waals surface area contributed by atoms with Crippen LogP contribution in [-0.2, 0) is 13.0 Å². The van der Waals surface area contributed by atoms with Crippen LogP contribution < -0.4 is 0 Å². The van der Waals surface area contributed by atoms with Gasteiger partial charge in [-0.15, -0.1) is 0 Å². The molecule has 0 spiro atoms. The van der Waals surface area contributed by atoms with Gasteiger partial charge >= 0.3 is 0 Å². The van der Waals surface area contributed by atoms with Crippen molar-refractivity contribution in [3.05, 3.63) is 17.0 Å². The third kappa shape index (κ3) is 1.15. The van der Waals surface area contributed by atoms with Crippen LogP contribution in [0.4, 0.5) is 0 Å². The lowest BCUT2D eigenvalue weighted by Crippen LogP contribution is -2.02. The smallest absolute Gasteiger partial charge is 0.0625 e. The molecule has 0 atom stereocenters. The van der Waals surface area contributed by atoms with Gasteiger partial charge in [0.2, 0.25) is 0 Å². The fourth-order valence-electron chi connectivity index (χ4n) is 1.95. The van der Waals surface area contributed by atoms with Crippen molar-refractivity contribution in [3.8, 4) is 0 Å². The van der Waals surface area contributed by atoms with Gasteiger partial charge in [0.05, 0.1) is 5.69 Å². The Balaban J connectivity index is 2.42.